The third-order valence-corrected chi connectivity index (χ3v) is 8.60. The van der Waals surface area contributed by atoms with Crippen molar-refractivity contribution >= 4 is 11.6 Å². The molecule has 3 aromatic rings. The molecule has 2 fully saturated rings. The van der Waals surface area contributed by atoms with Gasteiger partial charge in [0.15, 0.2) is 11.5 Å². The lowest BCUT2D eigenvalue weighted by Gasteiger charge is -2.54. The highest BCUT2D eigenvalue weighted by Crippen LogP contribution is 2.43. The summed E-state index contributed by atoms with van der Waals surface area (Å²) in [4.78, 5) is 33.8. The Bertz CT molecular complexity index is 1370. The maximum absolute atomic E-state index is 14.3. The van der Waals surface area contributed by atoms with Crippen LogP contribution in [0.2, 0.25) is 0 Å². The second-order valence-electron chi connectivity index (χ2n) is 12.5. The van der Waals surface area contributed by atoms with Crippen molar-refractivity contribution in [2.75, 3.05) is 13.1 Å². The van der Waals surface area contributed by atoms with Gasteiger partial charge >= 0.3 is 0 Å². The lowest BCUT2D eigenvalue weighted by Crippen LogP contribution is -2.61. The molecule has 2 aromatic heterocycles. The maximum atomic E-state index is 14.3. The molecule has 40 heavy (non-hydrogen) atoms. The van der Waals surface area contributed by atoms with Crippen LogP contribution in [0.5, 0.6) is 0 Å². The van der Waals surface area contributed by atoms with E-state index in [-0.39, 0.29) is 40.4 Å². The normalized spacial score (nSPS) is 17.9. The van der Waals surface area contributed by atoms with Crippen LogP contribution in [0, 0.1) is 24.0 Å². The second kappa shape index (κ2) is 11.3. The predicted octanol–water partition coefficient (Wildman–Crippen LogP) is 6.86. The number of pyridine rings is 1. The number of likely N-dealkylation sites (tertiary alicyclic amines) is 1. The monoisotopic (exact) mass is 549 g/mol. The van der Waals surface area contributed by atoms with Gasteiger partial charge in [0.25, 0.3) is 0 Å². The summed E-state index contributed by atoms with van der Waals surface area (Å²) < 4.78 is 32.9. The number of hydrogen-bond acceptors (Lipinski definition) is 6. The fourth-order valence-electron chi connectivity index (χ4n) is 6.40. The van der Waals surface area contributed by atoms with Crippen LogP contribution < -0.4 is 0 Å². The van der Waals surface area contributed by atoms with Crippen molar-refractivity contribution in [3.8, 4) is 11.3 Å². The molecule has 1 aromatic carbocycles. The molecule has 1 saturated carbocycles. The van der Waals surface area contributed by atoms with Gasteiger partial charge in [-0.05, 0) is 48.9 Å². The minimum Gasteiger partial charge on any atom is -0.355 e. The van der Waals surface area contributed by atoms with Crippen LogP contribution in [0.1, 0.15) is 87.0 Å². The van der Waals surface area contributed by atoms with Crippen molar-refractivity contribution in [3.05, 3.63) is 71.2 Å². The Balaban J connectivity index is 1.31. The Morgan fingerprint density at radius 3 is 2.48 bits per heavy atom. The van der Waals surface area contributed by atoms with Gasteiger partial charge in [-0.2, -0.15) is 0 Å². The molecule has 0 N–H and O–H groups in total. The summed E-state index contributed by atoms with van der Waals surface area (Å²) in [6, 6.07) is 9.04. The van der Waals surface area contributed by atoms with Crippen LogP contribution in [0.25, 0.3) is 11.3 Å². The van der Waals surface area contributed by atoms with Gasteiger partial charge < -0.3 is 4.52 Å². The van der Waals surface area contributed by atoms with Crippen LogP contribution in [-0.2, 0) is 10.2 Å². The van der Waals surface area contributed by atoms with Crippen molar-refractivity contribution in [2.24, 2.45) is 5.41 Å². The van der Waals surface area contributed by atoms with Gasteiger partial charge in [0.1, 0.15) is 23.1 Å². The summed E-state index contributed by atoms with van der Waals surface area (Å²) in [6.07, 6.45) is 8.66. The van der Waals surface area contributed by atoms with Gasteiger partial charge in [-0.15, -0.1) is 0 Å². The first-order valence-corrected chi connectivity index (χ1v) is 14.2. The number of hydrogen-bond donors (Lipinski definition) is 0. The molecule has 1 saturated heterocycles. The molecule has 8 heteroatoms. The summed E-state index contributed by atoms with van der Waals surface area (Å²) in [5.74, 6) is -1.54. The zero-order valence-corrected chi connectivity index (χ0v) is 23.5. The number of halogens is 2. The zero-order chi connectivity index (χ0) is 28.5. The number of Topliss-reactive ketones (excluding diaryl/α,β-unsaturated/α-hetero) is 2. The first kappa shape index (κ1) is 28.3. The number of aryl methyl sites for hydroxylation is 1. The van der Waals surface area contributed by atoms with E-state index in [4.69, 9.17) is 4.52 Å². The molecule has 212 valence electrons. The number of aromatic nitrogens is 2. The zero-order valence-electron chi connectivity index (χ0n) is 23.5. The Kier molecular flexibility index (Phi) is 8.00. The van der Waals surface area contributed by atoms with Gasteiger partial charge in [-0.25, -0.2) is 8.78 Å². The molecule has 0 spiro atoms. The fraction of sp³-hybridized carbons (Fsp3) is 0.500. The Morgan fingerprint density at radius 1 is 1.05 bits per heavy atom. The Hall–Kier alpha value is -3.26. The summed E-state index contributed by atoms with van der Waals surface area (Å²) in [7, 11) is 0. The molecule has 3 heterocycles. The summed E-state index contributed by atoms with van der Waals surface area (Å²) >= 11 is 0. The van der Waals surface area contributed by atoms with E-state index >= 15 is 0 Å². The van der Waals surface area contributed by atoms with Crippen LogP contribution >= 0.6 is 0 Å². The largest absolute Gasteiger partial charge is 0.355 e. The van der Waals surface area contributed by atoms with E-state index in [2.05, 4.69) is 28.9 Å². The highest BCUT2D eigenvalue weighted by Gasteiger charge is 2.48. The first-order chi connectivity index (χ1) is 19.0. The molecule has 0 amide bonds. The molecule has 0 unspecified atom stereocenters. The molecule has 6 nitrogen and oxygen atoms in total. The molecular weight excluding hydrogens is 512 g/mol. The lowest BCUT2D eigenvalue weighted by molar-refractivity contribution is -0.127. The Morgan fingerprint density at radius 2 is 1.80 bits per heavy atom. The molecule has 0 atom stereocenters. The molecule has 0 bridgehead atoms. The predicted molar refractivity (Wildman–Crippen MR) is 148 cm³/mol. The van der Waals surface area contributed by atoms with Crippen LogP contribution in [0.4, 0.5) is 8.78 Å². The number of ketones is 2. The standard InChI is InChI=1S/C32H37F2N3O3/c1-21-9-10-22(18-35-21)31(2,3)15-25(38)16-32(19-37(20-32)24-7-5-4-6-8-24)17-29(39)28-14-30(40-36-28)26-12-11-23(33)13-27(26)34/h9-14,18,24H,4-8,15-17,19-20H2,1-3H3. The van der Waals surface area contributed by atoms with E-state index in [1.165, 1.54) is 31.4 Å². The minimum atomic E-state index is -0.786. The number of carbonyl (C=O) groups is 2. The van der Waals surface area contributed by atoms with Gasteiger partial charge in [0.05, 0.1) is 5.56 Å². The SMILES string of the molecule is Cc1ccc(C(C)(C)CC(=O)CC2(CC(=O)c3cc(-c4ccc(F)cc4F)on3)CN(C3CCCCC3)C2)cn1. The van der Waals surface area contributed by atoms with Crippen LogP contribution in [0.15, 0.2) is 47.1 Å². The minimum absolute atomic E-state index is 0.0396. The summed E-state index contributed by atoms with van der Waals surface area (Å²) in [6.45, 7) is 7.43. The highest BCUT2D eigenvalue weighted by atomic mass is 19.1. The van der Waals surface area contributed by atoms with E-state index in [1.54, 1.807) is 0 Å². The van der Waals surface area contributed by atoms with Crippen molar-refractivity contribution in [1.82, 2.24) is 15.0 Å². The third-order valence-electron chi connectivity index (χ3n) is 8.60. The molecular formula is C32H37F2N3O3. The topological polar surface area (TPSA) is 76.3 Å². The molecule has 1 aliphatic carbocycles. The molecule has 2 aliphatic rings. The maximum Gasteiger partial charge on any atom is 0.185 e. The smallest absolute Gasteiger partial charge is 0.185 e. The third kappa shape index (κ3) is 6.22. The first-order valence-electron chi connectivity index (χ1n) is 14.2. The highest BCUT2D eigenvalue weighted by molar-refractivity contribution is 5.96. The van der Waals surface area contributed by atoms with Crippen molar-refractivity contribution in [1.29, 1.82) is 0 Å². The van der Waals surface area contributed by atoms with Gasteiger partial charge in [-0.3, -0.25) is 19.5 Å². The Labute approximate surface area is 234 Å². The van der Waals surface area contributed by atoms with Gasteiger partial charge in [0, 0.05) is 67.8 Å². The van der Waals surface area contributed by atoms with Gasteiger partial charge in [-0.1, -0.05) is 44.3 Å². The molecule has 5 rings (SSSR count). The fourth-order valence-corrected chi connectivity index (χ4v) is 6.40. The van der Waals surface area contributed by atoms with Crippen molar-refractivity contribution in [3.63, 3.8) is 0 Å². The van der Waals surface area contributed by atoms with E-state index in [1.807, 2.05) is 25.3 Å². The van der Waals surface area contributed by atoms with Crippen molar-refractivity contribution < 1.29 is 22.9 Å². The average Bonchev–Trinajstić information content (AvgIpc) is 3.37. The number of rotatable bonds is 10. The number of benzene rings is 1. The van der Waals surface area contributed by atoms with Crippen molar-refractivity contribution in [2.45, 2.75) is 83.6 Å². The quantitative estimate of drug-likeness (QED) is 0.257. The second-order valence-corrected chi connectivity index (χ2v) is 12.5. The van der Waals surface area contributed by atoms with Crippen LogP contribution in [0.3, 0.4) is 0 Å². The molecule has 1 aliphatic heterocycles. The number of nitrogens with zero attached hydrogens (tertiary/aromatic N) is 3. The van der Waals surface area contributed by atoms with E-state index < -0.39 is 17.0 Å². The van der Waals surface area contributed by atoms with E-state index in [0.29, 0.717) is 32.0 Å². The lowest BCUT2D eigenvalue weighted by atomic mass is 9.68. The van der Waals surface area contributed by atoms with Gasteiger partial charge in [0.2, 0.25) is 0 Å². The summed E-state index contributed by atoms with van der Waals surface area (Å²) in [5.41, 5.74) is 1.21. The number of carbonyl (C=O) groups excluding carboxylic acids is 2. The molecule has 0 radical (unpaired) electrons. The van der Waals surface area contributed by atoms with Crippen LogP contribution in [-0.4, -0.2) is 45.7 Å². The van der Waals surface area contributed by atoms with E-state index in [9.17, 15) is 18.4 Å². The van der Waals surface area contributed by atoms with E-state index in [0.717, 1.165) is 36.2 Å². The summed E-state index contributed by atoms with van der Waals surface area (Å²) in [5, 5.41) is 3.90. The average molecular weight is 550 g/mol.